The van der Waals surface area contributed by atoms with Crippen LogP contribution in [0, 0.1) is 0 Å². The Balaban J connectivity index is 1.77. The number of pyridine rings is 1. The van der Waals surface area contributed by atoms with E-state index in [0.717, 1.165) is 5.52 Å². The van der Waals surface area contributed by atoms with E-state index in [1.807, 2.05) is 0 Å². The van der Waals surface area contributed by atoms with E-state index < -0.39 is 6.10 Å². The molecular weight excluding hydrogens is 377 g/mol. The zero-order valence-corrected chi connectivity index (χ0v) is 15.1. The van der Waals surface area contributed by atoms with E-state index in [0.29, 0.717) is 22.2 Å². The summed E-state index contributed by atoms with van der Waals surface area (Å²) < 4.78 is 8.26. The summed E-state index contributed by atoms with van der Waals surface area (Å²) in [5, 5.41) is 19.5. The van der Waals surface area contributed by atoms with Gasteiger partial charge in [0.25, 0.3) is 0 Å². The highest BCUT2D eigenvalue weighted by Crippen LogP contribution is 2.32. The van der Waals surface area contributed by atoms with Crippen molar-refractivity contribution in [3.05, 3.63) is 70.5 Å². The number of imidazole rings is 1. The average Bonchev–Trinajstić information content (AvgIpc) is 3.28. The van der Waals surface area contributed by atoms with Gasteiger partial charge in [0.2, 0.25) is 0 Å². The summed E-state index contributed by atoms with van der Waals surface area (Å²) in [7, 11) is 1.59. The van der Waals surface area contributed by atoms with Gasteiger partial charge in [-0.1, -0.05) is 28.4 Å². The summed E-state index contributed by atoms with van der Waals surface area (Å²) in [4.78, 5) is 4.08. The SMILES string of the molecule is COc1ccc(-n2nnc([C@H](O)c3c(Cl)ccc4cncn34)c2Cl)cc1. The second-order valence-corrected chi connectivity index (χ2v) is 6.30. The third-order valence-corrected chi connectivity index (χ3v) is 4.72. The first-order valence-electron chi connectivity index (χ1n) is 7.64. The molecule has 4 rings (SSSR count). The molecule has 3 heterocycles. The summed E-state index contributed by atoms with van der Waals surface area (Å²) in [6.07, 6.45) is 2.07. The van der Waals surface area contributed by atoms with Crippen LogP contribution in [0.2, 0.25) is 10.2 Å². The second kappa shape index (κ2) is 6.60. The van der Waals surface area contributed by atoms with Gasteiger partial charge in [-0.15, -0.1) is 5.10 Å². The van der Waals surface area contributed by atoms with Crippen molar-refractivity contribution in [1.29, 1.82) is 0 Å². The first-order chi connectivity index (χ1) is 12.6. The van der Waals surface area contributed by atoms with Crippen LogP contribution in [0.15, 0.2) is 48.9 Å². The third-order valence-electron chi connectivity index (χ3n) is 4.05. The minimum Gasteiger partial charge on any atom is -0.497 e. The summed E-state index contributed by atoms with van der Waals surface area (Å²) in [5.74, 6) is 0.712. The van der Waals surface area contributed by atoms with Gasteiger partial charge in [0.1, 0.15) is 17.5 Å². The lowest BCUT2D eigenvalue weighted by molar-refractivity contribution is 0.209. The van der Waals surface area contributed by atoms with E-state index in [9.17, 15) is 5.11 Å². The van der Waals surface area contributed by atoms with Crippen molar-refractivity contribution in [3.63, 3.8) is 0 Å². The molecule has 0 amide bonds. The topological polar surface area (TPSA) is 77.5 Å². The van der Waals surface area contributed by atoms with E-state index in [-0.39, 0.29) is 10.8 Å². The number of fused-ring (bicyclic) bond motifs is 1. The molecule has 0 bridgehead atoms. The van der Waals surface area contributed by atoms with Gasteiger partial charge in [-0.2, -0.15) is 0 Å². The second-order valence-electron chi connectivity index (χ2n) is 5.53. The molecule has 0 aliphatic carbocycles. The van der Waals surface area contributed by atoms with Crippen LogP contribution in [0.4, 0.5) is 0 Å². The zero-order chi connectivity index (χ0) is 18.3. The van der Waals surface area contributed by atoms with E-state index in [4.69, 9.17) is 27.9 Å². The number of benzene rings is 1. The van der Waals surface area contributed by atoms with Crippen LogP contribution in [0.1, 0.15) is 17.5 Å². The molecule has 0 aliphatic rings. The van der Waals surface area contributed by atoms with Crippen LogP contribution in [-0.2, 0) is 0 Å². The number of aliphatic hydroxyl groups excluding tert-OH is 1. The smallest absolute Gasteiger partial charge is 0.159 e. The quantitative estimate of drug-likeness (QED) is 0.579. The molecule has 1 atom stereocenters. The Morgan fingerprint density at radius 3 is 2.62 bits per heavy atom. The maximum Gasteiger partial charge on any atom is 0.159 e. The molecule has 9 heteroatoms. The first-order valence-corrected chi connectivity index (χ1v) is 8.40. The highest BCUT2D eigenvalue weighted by atomic mass is 35.5. The van der Waals surface area contributed by atoms with Gasteiger partial charge in [-0.3, -0.25) is 4.40 Å². The Labute approximate surface area is 158 Å². The van der Waals surface area contributed by atoms with Gasteiger partial charge >= 0.3 is 0 Å². The summed E-state index contributed by atoms with van der Waals surface area (Å²) >= 11 is 12.7. The highest BCUT2D eigenvalue weighted by Gasteiger charge is 2.25. The minimum atomic E-state index is -1.17. The van der Waals surface area contributed by atoms with Gasteiger partial charge in [0.15, 0.2) is 5.15 Å². The molecule has 7 nitrogen and oxygen atoms in total. The van der Waals surface area contributed by atoms with Gasteiger partial charge in [-0.25, -0.2) is 9.67 Å². The normalized spacial score (nSPS) is 12.5. The monoisotopic (exact) mass is 389 g/mol. The predicted octanol–water partition coefficient (Wildman–Crippen LogP) is 3.31. The summed E-state index contributed by atoms with van der Waals surface area (Å²) in [6.45, 7) is 0. The van der Waals surface area contributed by atoms with E-state index >= 15 is 0 Å². The molecule has 26 heavy (non-hydrogen) atoms. The number of hydrogen-bond acceptors (Lipinski definition) is 5. The Hall–Kier alpha value is -2.61. The molecule has 0 saturated heterocycles. The number of aromatic nitrogens is 5. The van der Waals surface area contributed by atoms with Crippen LogP contribution in [0.3, 0.4) is 0 Å². The van der Waals surface area contributed by atoms with E-state index in [2.05, 4.69) is 15.3 Å². The number of halogens is 2. The van der Waals surface area contributed by atoms with Crippen molar-refractivity contribution in [2.75, 3.05) is 7.11 Å². The maximum atomic E-state index is 10.9. The van der Waals surface area contributed by atoms with Crippen LogP contribution < -0.4 is 4.74 Å². The Kier molecular flexibility index (Phi) is 4.28. The molecule has 132 valence electrons. The van der Waals surface area contributed by atoms with E-state index in [1.54, 1.807) is 60.4 Å². The number of rotatable bonds is 4. The first kappa shape index (κ1) is 16.8. The molecule has 0 saturated carbocycles. The lowest BCUT2D eigenvalue weighted by Gasteiger charge is -2.13. The van der Waals surface area contributed by atoms with Crippen LogP contribution in [0.5, 0.6) is 5.75 Å². The number of methoxy groups -OCH3 is 1. The fraction of sp³-hybridized carbons (Fsp3) is 0.118. The molecule has 3 aromatic heterocycles. The molecule has 0 spiro atoms. The zero-order valence-electron chi connectivity index (χ0n) is 13.5. The Morgan fingerprint density at radius 1 is 1.12 bits per heavy atom. The maximum absolute atomic E-state index is 10.9. The fourth-order valence-electron chi connectivity index (χ4n) is 2.72. The number of nitrogens with zero attached hydrogens (tertiary/aromatic N) is 5. The van der Waals surface area contributed by atoms with Crippen molar-refractivity contribution in [3.8, 4) is 11.4 Å². The number of hydrogen-bond donors (Lipinski definition) is 1. The molecule has 1 N–H and O–H groups in total. The Morgan fingerprint density at radius 2 is 1.88 bits per heavy atom. The van der Waals surface area contributed by atoms with Crippen molar-refractivity contribution < 1.29 is 9.84 Å². The molecule has 4 aromatic rings. The van der Waals surface area contributed by atoms with Crippen LogP contribution >= 0.6 is 23.2 Å². The van der Waals surface area contributed by atoms with Crippen molar-refractivity contribution in [2.24, 2.45) is 0 Å². The van der Waals surface area contributed by atoms with Crippen LogP contribution in [-0.4, -0.2) is 36.6 Å². The predicted molar refractivity (Wildman–Crippen MR) is 97.2 cm³/mol. The van der Waals surface area contributed by atoms with Gasteiger partial charge in [0, 0.05) is 0 Å². The van der Waals surface area contributed by atoms with Gasteiger partial charge in [-0.05, 0) is 36.4 Å². The lowest BCUT2D eigenvalue weighted by Crippen LogP contribution is -2.08. The highest BCUT2D eigenvalue weighted by molar-refractivity contribution is 6.31. The van der Waals surface area contributed by atoms with Gasteiger partial charge < -0.3 is 9.84 Å². The number of aliphatic hydroxyl groups is 1. The fourth-order valence-corrected chi connectivity index (χ4v) is 3.25. The lowest BCUT2D eigenvalue weighted by atomic mass is 10.1. The standard InChI is InChI=1S/C17H13Cl2N5O2/c1-26-12-5-2-10(3-6-12)24-17(19)14(21-22-24)16(25)15-13(18)7-4-11-8-20-9-23(11)15/h2-9,16,25H,1H3/t16-/m0/s1. The molecular formula is C17H13Cl2N5O2. The molecule has 0 aliphatic heterocycles. The van der Waals surface area contributed by atoms with Crippen molar-refractivity contribution in [1.82, 2.24) is 24.4 Å². The number of ether oxygens (including phenoxy) is 1. The largest absolute Gasteiger partial charge is 0.497 e. The molecule has 0 fully saturated rings. The molecule has 0 radical (unpaired) electrons. The summed E-state index contributed by atoms with van der Waals surface area (Å²) in [6, 6.07) is 10.7. The minimum absolute atomic E-state index is 0.191. The van der Waals surface area contributed by atoms with Crippen molar-refractivity contribution in [2.45, 2.75) is 6.10 Å². The van der Waals surface area contributed by atoms with E-state index in [1.165, 1.54) is 4.68 Å². The van der Waals surface area contributed by atoms with Gasteiger partial charge in [0.05, 0.1) is 41.6 Å². The summed E-state index contributed by atoms with van der Waals surface area (Å²) in [5.41, 5.74) is 2.10. The third kappa shape index (κ3) is 2.70. The Bertz CT molecular complexity index is 1070. The van der Waals surface area contributed by atoms with Crippen molar-refractivity contribution >= 4 is 28.7 Å². The molecule has 1 aromatic carbocycles. The van der Waals surface area contributed by atoms with Crippen LogP contribution in [0.25, 0.3) is 11.2 Å². The molecule has 0 unspecified atom stereocenters. The average molecular weight is 390 g/mol.